The van der Waals surface area contributed by atoms with Gasteiger partial charge in [0.1, 0.15) is 0 Å². The van der Waals surface area contributed by atoms with Gasteiger partial charge >= 0.3 is 0 Å². The lowest BCUT2D eigenvalue weighted by Crippen LogP contribution is -2.05. The van der Waals surface area contributed by atoms with Gasteiger partial charge in [-0.1, -0.05) is 38.9 Å². The van der Waals surface area contributed by atoms with Crippen molar-refractivity contribution in [2.24, 2.45) is 5.92 Å². The third kappa shape index (κ3) is 2.61. The summed E-state index contributed by atoms with van der Waals surface area (Å²) in [6, 6.07) is 0. The number of halogens is 1. The van der Waals surface area contributed by atoms with Crippen LogP contribution in [0.4, 0.5) is 0 Å². The van der Waals surface area contributed by atoms with Crippen LogP contribution in [0.2, 0.25) is 0 Å². The maximum absolute atomic E-state index is 7.47. The van der Waals surface area contributed by atoms with Crippen molar-refractivity contribution in [2.75, 3.05) is 0 Å². The van der Waals surface area contributed by atoms with E-state index in [-0.39, 0.29) is 5.92 Å². The first-order chi connectivity index (χ1) is 7.69. The summed E-state index contributed by atoms with van der Waals surface area (Å²) >= 11 is 6.00. The van der Waals surface area contributed by atoms with Crippen LogP contribution in [0.1, 0.15) is 6.42 Å². The quantitative estimate of drug-likeness (QED) is 0.568. The normalized spacial score (nSPS) is 26.2. The Morgan fingerprint density at radius 3 is 2.94 bits per heavy atom. The molecule has 2 atom stereocenters. The van der Waals surface area contributed by atoms with E-state index < -0.39 is 0 Å². The molecule has 1 N–H and O–H groups in total. The summed E-state index contributed by atoms with van der Waals surface area (Å²) in [5.74, 6) is 0.245. The summed E-state index contributed by atoms with van der Waals surface area (Å²) in [5.41, 5.74) is 1.02. The van der Waals surface area contributed by atoms with Crippen molar-refractivity contribution in [2.45, 2.75) is 6.42 Å². The minimum Gasteiger partial charge on any atom is -0.308 e. The molecule has 2 rings (SSSR count). The van der Waals surface area contributed by atoms with E-state index in [4.69, 9.17) is 17.0 Å². The molecular weight excluding hydrogens is 237 g/mol. The summed E-state index contributed by atoms with van der Waals surface area (Å²) in [5, 5.41) is 10.8. The average Bonchev–Trinajstić information content (AvgIpc) is 2.22. The van der Waals surface area contributed by atoms with Crippen molar-refractivity contribution < 1.29 is 0 Å². The molecule has 1 aliphatic heterocycles. The minimum absolute atomic E-state index is 0.245. The summed E-state index contributed by atoms with van der Waals surface area (Å²) in [6.07, 6.45) is 12.4. The molecule has 1 heterocycles. The van der Waals surface area contributed by atoms with E-state index >= 15 is 0 Å². The maximum Gasteiger partial charge on any atom is 0.0216 e. The van der Waals surface area contributed by atoms with Crippen LogP contribution < -0.4 is 0 Å². The van der Waals surface area contributed by atoms with Gasteiger partial charge in [0.25, 0.3) is 0 Å². The molecular formula is C13H13ClNP. The second-order valence-corrected chi connectivity index (χ2v) is 5.80. The second-order valence-electron chi connectivity index (χ2n) is 3.85. The Morgan fingerprint density at radius 1 is 1.62 bits per heavy atom. The molecule has 0 aromatic heterocycles. The highest BCUT2D eigenvalue weighted by atomic mass is 35.5. The fourth-order valence-electron chi connectivity index (χ4n) is 1.75. The van der Waals surface area contributed by atoms with Gasteiger partial charge in [-0.15, -0.1) is 0 Å². The summed E-state index contributed by atoms with van der Waals surface area (Å²) in [4.78, 5) is 0. The molecule has 0 amide bonds. The lowest BCUT2D eigenvalue weighted by atomic mass is 9.92. The molecule has 1 nitrogen and oxygen atoms in total. The zero-order valence-corrected chi connectivity index (χ0v) is 10.6. The molecule has 1 aliphatic carbocycles. The molecule has 0 spiro atoms. The van der Waals surface area contributed by atoms with Gasteiger partial charge in [0.2, 0.25) is 0 Å². The number of hydrogen-bond acceptors (Lipinski definition) is 1. The Bertz CT molecular complexity index is 455. The highest BCUT2D eigenvalue weighted by Gasteiger charge is 2.15. The van der Waals surface area contributed by atoms with E-state index in [9.17, 15) is 0 Å². The first-order valence-corrected chi connectivity index (χ1v) is 6.49. The van der Waals surface area contributed by atoms with E-state index in [0.29, 0.717) is 8.58 Å². The molecule has 82 valence electrons. The van der Waals surface area contributed by atoms with Crippen LogP contribution in [0.5, 0.6) is 0 Å². The fraction of sp³-hybridized carbons (Fsp3) is 0.154. The van der Waals surface area contributed by atoms with Gasteiger partial charge in [-0.3, -0.25) is 0 Å². The van der Waals surface area contributed by atoms with Crippen LogP contribution in [0, 0.1) is 11.3 Å². The van der Waals surface area contributed by atoms with Crippen molar-refractivity contribution in [1.82, 2.24) is 0 Å². The highest BCUT2D eigenvalue weighted by Crippen LogP contribution is 2.45. The van der Waals surface area contributed by atoms with Crippen LogP contribution in [0.25, 0.3) is 0 Å². The Hall–Kier alpha value is -0.910. The minimum atomic E-state index is 0.245. The standard InChI is InChI=1S/C13H13ClNP/c1-9-5-13(16-9)7-11(8-15)10-3-2-4-12(14)6-10/h2-5,7-8,10,15-16H,1,6H2/b11-7+,15-8?. The Kier molecular flexibility index (Phi) is 3.58. The van der Waals surface area contributed by atoms with Gasteiger partial charge in [0, 0.05) is 17.2 Å². The number of hydrogen-bond donors (Lipinski definition) is 1. The monoisotopic (exact) mass is 249 g/mol. The van der Waals surface area contributed by atoms with Crippen molar-refractivity contribution in [3.8, 4) is 0 Å². The van der Waals surface area contributed by atoms with E-state index in [1.807, 2.05) is 12.2 Å². The molecule has 0 aromatic rings. The molecule has 0 bridgehead atoms. The van der Waals surface area contributed by atoms with Crippen LogP contribution in [-0.4, -0.2) is 6.21 Å². The lowest BCUT2D eigenvalue weighted by Gasteiger charge is -2.19. The van der Waals surface area contributed by atoms with Crippen molar-refractivity contribution in [3.63, 3.8) is 0 Å². The highest BCUT2D eigenvalue weighted by molar-refractivity contribution is 7.50. The number of rotatable bonds is 3. The van der Waals surface area contributed by atoms with Crippen molar-refractivity contribution >= 4 is 26.4 Å². The first kappa shape index (κ1) is 11.6. The largest absolute Gasteiger partial charge is 0.308 e. The zero-order valence-electron chi connectivity index (χ0n) is 8.83. The van der Waals surface area contributed by atoms with Gasteiger partial charge in [-0.05, 0) is 40.9 Å². The van der Waals surface area contributed by atoms with Crippen LogP contribution >= 0.6 is 20.2 Å². The third-order valence-corrected chi connectivity index (χ3v) is 3.91. The second kappa shape index (κ2) is 4.95. The van der Waals surface area contributed by atoms with E-state index in [1.54, 1.807) is 0 Å². The lowest BCUT2D eigenvalue weighted by molar-refractivity contribution is 0.789. The first-order valence-electron chi connectivity index (χ1n) is 5.11. The number of allylic oxidation sites excluding steroid dienone is 9. The summed E-state index contributed by atoms with van der Waals surface area (Å²) in [6.45, 7) is 3.87. The smallest absolute Gasteiger partial charge is 0.0216 e. The van der Waals surface area contributed by atoms with Gasteiger partial charge in [-0.25, -0.2) is 0 Å². The van der Waals surface area contributed by atoms with Crippen LogP contribution in [0.3, 0.4) is 0 Å². The van der Waals surface area contributed by atoms with Gasteiger partial charge in [0.15, 0.2) is 0 Å². The molecule has 2 aliphatic rings. The van der Waals surface area contributed by atoms with Gasteiger partial charge in [-0.2, -0.15) is 0 Å². The third-order valence-electron chi connectivity index (χ3n) is 2.59. The summed E-state index contributed by atoms with van der Waals surface area (Å²) < 4.78 is 0. The van der Waals surface area contributed by atoms with Gasteiger partial charge in [0.05, 0.1) is 0 Å². The molecule has 0 saturated heterocycles. The molecule has 0 saturated carbocycles. The number of nitrogens with one attached hydrogen (secondary N) is 1. The van der Waals surface area contributed by atoms with Crippen LogP contribution in [-0.2, 0) is 0 Å². The topological polar surface area (TPSA) is 23.9 Å². The predicted molar refractivity (Wildman–Crippen MR) is 73.6 cm³/mol. The predicted octanol–water partition coefficient (Wildman–Crippen LogP) is 4.35. The SMILES string of the molecule is C=C1C=C(/C=C(\C=N)C2C=CC=C(Cl)C2)P1. The zero-order chi connectivity index (χ0) is 11.5. The van der Waals surface area contributed by atoms with Gasteiger partial charge < -0.3 is 5.41 Å². The van der Waals surface area contributed by atoms with E-state index in [2.05, 4.69) is 24.8 Å². The maximum atomic E-state index is 7.47. The fourth-order valence-corrected chi connectivity index (χ4v) is 2.84. The van der Waals surface area contributed by atoms with E-state index in [1.165, 1.54) is 16.8 Å². The van der Waals surface area contributed by atoms with Crippen LogP contribution in [0.15, 0.2) is 58.2 Å². The molecule has 3 heteroatoms. The molecule has 0 aromatic carbocycles. The Labute approximate surface area is 103 Å². The molecule has 0 radical (unpaired) electrons. The molecule has 2 unspecified atom stereocenters. The average molecular weight is 250 g/mol. The van der Waals surface area contributed by atoms with E-state index in [0.717, 1.165) is 17.0 Å². The molecule has 0 fully saturated rings. The molecule has 16 heavy (non-hydrogen) atoms. The summed E-state index contributed by atoms with van der Waals surface area (Å²) in [7, 11) is 0.705. The van der Waals surface area contributed by atoms with Crippen molar-refractivity contribution in [1.29, 1.82) is 5.41 Å². The Balaban J connectivity index is 2.15. The van der Waals surface area contributed by atoms with Crippen molar-refractivity contribution in [3.05, 3.63) is 58.2 Å². The Morgan fingerprint density at radius 2 is 2.38 bits per heavy atom.